The summed E-state index contributed by atoms with van der Waals surface area (Å²) >= 11 is 0. The molecule has 9 heteroatoms. The number of hydrogen-bond acceptors (Lipinski definition) is 7. The van der Waals surface area contributed by atoms with Gasteiger partial charge in [-0.3, -0.25) is 29.5 Å². The molecule has 3 atom stereocenters. The van der Waals surface area contributed by atoms with Gasteiger partial charge in [-0.15, -0.1) is 0 Å². The average Bonchev–Trinajstić information content (AvgIpc) is 3.32. The van der Waals surface area contributed by atoms with E-state index in [4.69, 9.17) is 10.5 Å². The third-order valence-corrected chi connectivity index (χ3v) is 6.97. The van der Waals surface area contributed by atoms with Gasteiger partial charge in [0.15, 0.2) is 0 Å². The van der Waals surface area contributed by atoms with Crippen LogP contribution in [0.15, 0.2) is 18.2 Å². The van der Waals surface area contributed by atoms with Crippen molar-refractivity contribution in [2.24, 2.45) is 5.73 Å². The summed E-state index contributed by atoms with van der Waals surface area (Å²) in [6.07, 6.45) is 0.656. The molecule has 3 N–H and O–H groups in total. The molecule has 4 heterocycles. The number of nitrogens with one attached hydrogen (secondary N) is 1. The van der Waals surface area contributed by atoms with E-state index in [1.807, 2.05) is 12.1 Å². The van der Waals surface area contributed by atoms with Gasteiger partial charge in [0.25, 0.3) is 5.91 Å². The van der Waals surface area contributed by atoms with Crippen LogP contribution in [0.2, 0.25) is 0 Å². The molecule has 1 aromatic carbocycles. The molecule has 3 amide bonds. The highest BCUT2D eigenvalue weighted by Gasteiger charge is 2.39. The maximum absolute atomic E-state index is 13.0. The lowest BCUT2D eigenvalue weighted by Crippen LogP contribution is -2.55. The smallest absolute Gasteiger partial charge is 0.255 e. The molecule has 4 aliphatic heterocycles. The minimum atomic E-state index is -0.569. The molecule has 166 valence electrons. The van der Waals surface area contributed by atoms with Gasteiger partial charge in [0, 0.05) is 57.3 Å². The van der Waals surface area contributed by atoms with Crippen LogP contribution < -0.4 is 11.1 Å². The van der Waals surface area contributed by atoms with E-state index in [-0.39, 0.29) is 30.2 Å². The Bertz CT molecular complexity index is 898. The Balaban J connectivity index is 1.20. The largest absolute Gasteiger partial charge is 0.378 e. The summed E-state index contributed by atoms with van der Waals surface area (Å²) in [7, 11) is 0. The van der Waals surface area contributed by atoms with Crippen molar-refractivity contribution in [2.75, 3.05) is 39.4 Å². The summed E-state index contributed by atoms with van der Waals surface area (Å²) in [6, 6.07) is 5.89. The first-order valence-electron chi connectivity index (χ1n) is 11.1. The van der Waals surface area contributed by atoms with Gasteiger partial charge in [0.05, 0.1) is 19.3 Å². The third kappa shape index (κ3) is 3.98. The van der Waals surface area contributed by atoms with Crippen LogP contribution in [0.1, 0.15) is 34.3 Å². The number of carbonyl (C=O) groups is 3. The topological polar surface area (TPSA) is 108 Å². The number of amides is 3. The fraction of sp³-hybridized carbons (Fsp3) is 0.591. The maximum atomic E-state index is 13.0. The molecular weight excluding hydrogens is 398 g/mol. The predicted molar refractivity (Wildman–Crippen MR) is 112 cm³/mol. The molecule has 0 aliphatic carbocycles. The average molecular weight is 428 g/mol. The van der Waals surface area contributed by atoms with E-state index in [1.54, 1.807) is 4.90 Å². The Morgan fingerprint density at radius 1 is 1.10 bits per heavy atom. The zero-order chi connectivity index (χ0) is 21.5. The Morgan fingerprint density at radius 3 is 2.61 bits per heavy atom. The molecule has 0 spiro atoms. The second-order valence-corrected chi connectivity index (χ2v) is 8.97. The SMILES string of the molecule is N[C@@H]1COC[C@H]1N1CCN(Cc2ccc3c(c2)C(=O)N(C2CCC(=O)NC2=O)C3)CC1. The van der Waals surface area contributed by atoms with Crippen molar-refractivity contribution in [3.05, 3.63) is 34.9 Å². The number of ether oxygens (including phenoxy) is 1. The highest BCUT2D eigenvalue weighted by Crippen LogP contribution is 2.28. The van der Waals surface area contributed by atoms with Crippen molar-refractivity contribution in [3.8, 4) is 0 Å². The summed E-state index contributed by atoms with van der Waals surface area (Å²) in [6.45, 7) is 6.42. The van der Waals surface area contributed by atoms with Gasteiger partial charge in [0.2, 0.25) is 11.8 Å². The zero-order valence-corrected chi connectivity index (χ0v) is 17.6. The lowest BCUT2D eigenvalue weighted by Gasteiger charge is -2.38. The summed E-state index contributed by atoms with van der Waals surface area (Å²) in [5.74, 6) is -0.760. The number of piperidine rings is 1. The second-order valence-electron chi connectivity index (χ2n) is 8.97. The van der Waals surface area contributed by atoms with Crippen molar-refractivity contribution in [2.45, 2.75) is 44.1 Å². The standard InChI is InChI=1S/C22H29N5O4/c23-17-12-31-13-19(17)26-7-5-25(6-8-26)10-14-1-2-15-11-27(22(30)16(15)9-14)18-3-4-20(28)24-21(18)29/h1-2,9,17-19H,3-8,10-13,23H2,(H,24,28,29)/t17-,18?,19-/m1/s1. The van der Waals surface area contributed by atoms with Gasteiger partial charge in [-0.1, -0.05) is 12.1 Å². The van der Waals surface area contributed by atoms with Crippen LogP contribution in [0.5, 0.6) is 0 Å². The molecular formula is C22H29N5O4. The number of nitrogens with zero attached hydrogens (tertiary/aromatic N) is 3. The Morgan fingerprint density at radius 2 is 1.90 bits per heavy atom. The van der Waals surface area contributed by atoms with Crippen LogP contribution in [0.25, 0.3) is 0 Å². The number of benzene rings is 1. The fourth-order valence-electron chi connectivity index (χ4n) is 5.15. The Labute approximate surface area is 181 Å². The maximum Gasteiger partial charge on any atom is 0.255 e. The zero-order valence-electron chi connectivity index (χ0n) is 17.6. The molecule has 3 fully saturated rings. The van der Waals surface area contributed by atoms with Gasteiger partial charge >= 0.3 is 0 Å². The van der Waals surface area contributed by atoms with Crippen LogP contribution in [0.3, 0.4) is 0 Å². The fourth-order valence-corrected chi connectivity index (χ4v) is 5.15. The molecule has 1 unspecified atom stereocenters. The van der Waals surface area contributed by atoms with E-state index in [1.165, 1.54) is 0 Å². The lowest BCUT2D eigenvalue weighted by molar-refractivity contribution is -0.136. The molecule has 0 saturated carbocycles. The van der Waals surface area contributed by atoms with Crippen LogP contribution in [0, 0.1) is 0 Å². The van der Waals surface area contributed by atoms with Crippen molar-refractivity contribution in [1.29, 1.82) is 0 Å². The normalized spacial score (nSPS) is 30.0. The van der Waals surface area contributed by atoms with Crippen LogP contribution in [0.4, 0.5) is 0 Å². The van der Waals surface area contributed by atoms with Crippen LogP contribution in [-0.2, 0) is 27.4 Å². The summed E-state index contributed by atoms with van der Waals surface area (Å²) < 4.78 is 5.50. The van der Waals surface area contributed by atoms with Crippen molar-refractivity contribution >= 4 is 17.7 Å². The number of carbonyl (C=O) groups excluding carboxylic acids is 3. The van der Waals surface area contributed by atoms with Crippen molar-refractivity contribution in [1.82, 2.24) is 20.0 Å². The van der Waals surface area contributed by atoms with Gasteiger partial charge in [-0.2, -0.15) is 0 Å². The number of fused-ring (bicyclic) bond motifs is 1. The molecule has 4 aliphatic rings. The van der Waals surface area contributed by atoms with E-state index < -0.39 is 6.04 Å². The van der Waals surface area contributed by atoms with E-state index in [9.17, 15) is 14.4 Å². The second kappa shape index (κ2) is 8.31. The summed E-state index contributed by atoms with van der Waals surface area (Å²) in [4.78, 5) is 43.1. The first kappa shape index (κ1) is 20.6. The number of hydrogen-bond donors (Lipinski definition) is 2. The third-order valence-electron chi connectivity index (χ3n) is 6.97. The molecule has 5 rings (SSSR count). The minimum Gasteiger partial charge on any atom is -0.378 e. The van der Waals surface area contributed by atoms with Gasteiger partial charge in [-0.25, -0.2) is 0 Å². The summed E-state index contributed by atoms with van der Waals surface area (Å²) in [5.41, 5.74) is 8.88. The highest BCUT2D eigenvalue weighted by molar-refractivity contribution is 6.05. The number of rotatable bonds is 4. The van der Waals surface area contributed by atoms with Crippen molar-refractivity contribution in [3.63, 3.8) is 0 Å². The van der Waals surface area contributed by atoms with Crippen molar-refractivity contribution < 1.29 is 19.1 Å². The van der Waals surface area contributed by atoms with E-state index in [0.717, 1.165) is 50.5 Å². The molecule has 0 bridgehead atoms. The van der Waals surface area contributed by atoms with Gasteiger partial charge in [0.1, 0.15) is 6.04 Å². The quantitative estimate of drug-likeness (QED) is 0.611. The molecule has 3 saturated heterocycles. The van der Waals surface area contributed by atoms with Crippen LogP contribution >= 0.6 is 0 Å². The molecule has 9 nitrogen and oxygen atoms in total. The lowest BCUT2D eigenvalue weighted by atomic mass is 10.0. The summed E-state index contributed by atoms with van der Waals surface area (Å²) in [5, 5.41) is 2.35. The first-order valence-corrected chi connectivity index (χ1v) is 11.1. The highest BCUT2D eigenvalue weighted by atomic mass is 16.5. The molecule has 0 radical (unpaired) electrons. The van der Waals surface area contributed by atoms with Gasteiger partial charge < -0.3 is 15.4 Å². The van der Waals surface area contributed by atoms with Gasteiger partial charge in [-0.05, 0) is 23.6 Å². The molecule has 31 heavy (non-hydrogen) atoms. The Hall–Kier alpha value is -2.33. The molecule has 1 aromatic rings. The monoisotopic (exact) mass is 427 g/mol. The minimum absolute atomic E-state index is 0.0987. The van der Waals surface area contributed by atoms with E-state index in [0.29, 0.717) is 31.2 Å². The first-order chi connectivity index (χ1) is 15.0. The predicted octanol–water partition coefficient (Wildman–Crippen LogP) is -0.709. The van der Waals surface area contributed by atoms with E-state index in [2.05, 4.69) is 21.2 Å². The number of nitrogens with two attached hydrogens (primary N) is 1. The Kier molecular flexibility index (Phi) is 5.51. The van der Waals surface area contributed by atoms with E-state index >= 15 is 0 Å². The number of imide groups is 1. The number of piperazine rings is 1. The van der Waals surface area contributed by atoms with Crippen LogP contribution in [-0.4, -0.2) is 89.9 Å². The molecule has 0 aromatic heterocycles.